The third kappa shape index (κ3) is 2.91. The second kappa shape index (κ2) is 4.77. The summed E-state index contributed by atoms with van der Waals surface area (Å²) in [6, 6.07) is -1.61. The average Bonchev–Trinajstić information content (AvgIpc) is 2.13. The van der Waals surface area contributed by atoms with E-state index in [4.69, 9.17) is 0 Å². The second-order valence-electron chi connectivity index (χ2n) is 2.78. The number of aromatic nitrogens is 1. The molecule has 0 unspecified atom stereocenters. The van der Waals surface area contributed by atoms with Gasteiger partial charge < -0.3 is 5.32 Å². The Hall–Kier alpha value is -1.18. The first-order valence-corrected chi connectivity index (χ1v) is 4.73. The highest BCUT2D eigenvalue weighted by Gasteiger charge is 2.43. The first-order chi connectivity index (χ1) is 7.36. The van der Waals surface area contributed by atoms with Gasteiger partial charge in [-0.05, 0) is 22.0 Å². The molecule has 1 N–H and O–H groups in total. The molecule has 1 amide bonds. The monoisotopic (exact) mass is 300 g/mol. The average molecular weight is 301 g/mol. The Morgan fingerprint density at radius 2 is 2.12 bits per heavy atom. The lowest BCUT2D eigenvalue weighted by molar-refractivity contribution is -0.161. The number of alkyl halides is 3. The fourth-order valence-electron chi connectivity index (χ4n) is 1.03. The predicted molar refractivity (Wildman–Crippen MR) is 49.9 cm³/mol. The van der Waals surface area contributed by atoms with Gasteiger partial charge >= 0.3 is 6.18 Å². The Morgan fingerprint density at radius 1 is 1.50 bits per heavy atom. The summed E-state index contributed by atoms with van der Waals surface area (Å²) in [4.78, 5) is 13.3. The van der Waals surface area contributed by atoms with E-state index in [1.165, 1.54) is 5.32 Å². The third-order valence-corrected chi connectivity index (χ3v) is 2.11. The molecule has 1 aromatic heterocycles. The Labute approximate surface area is 96.0 Å². The van der Waals surface area contributed by atoms with Crippen LogP contribution in [0.3, 0.4) is 0 Å². The first kappa shape index (κ1) is 12.9. The Morgan fingerprint density at radius 3 is 2.56 bits per heavy atom. The number of nitrogens with one attached hydrogen (secondary N) is 1. The van der Waals surface area contributed by atoms with E-state index in [0.29, 0.717) is 0 Å². The van der Waals surface area contributed by atoms with Crippen LogP contribution in [0.2, 0.25) is 0 Å². The summed E-state index contributed by atoms with van der Waals surface area (Å²) in [7, 11) is 0. The minimum atomic E-state index is -4.80. The van der Waals surface area contributed by atoms with Crippen LogP contribution in [0, 0.1) is 5.82 Å². The molecule has 0 saturated heterocycles. The molecular formula is C8H5BrF4N2O. The largest absolute Gasteiger partial charge is 0.414 e. The molecule has 0 fully saturated rings. The number of carbonyl (C=O) groups is 1. The van der Waals surface area contributed by atoms with E-state index in [1.54, 1.807) is 0 Å². The lowest BCUT2D eigenvalue weighted by atomic mass is 10.1. The molecule has 0 aliphatic heterocycles. The molecule has 16 heavy (non-hydrogen) atoms. The van der Waals surface area contributed by atoms with Gasteiger partial charge in [0.2, 0.25) is 6.41 Å². The smallest absolute Gasteiger partial charge is 0.342 e. The van der Waals surface area contributed by atoms with Crippen LogP contribution in [0.4, 0.5) is 17.6 Å². The van der Waals surface area contributed by atoms with Crippen LogP contribution in [0.1, 0.15) is 11.7 Å². The molecule has 0 aromatic carbocycles. The van der Waals surface area contributed by atoms with Gasteiger partial charge in [-0.15, -0.1) is 0 Å². The quantitative estimate of drug-likeness (QED) is 0.688. The van der Waals surface area contributed by atoms with Crippen LogP contribution < -0.4 is 5.32 Å². The Balaban J connectivity index is 3.16. The van der Waals surface area contributed by atoms with Crippen LogP contribution in [-0.2, 0) is 4.79 Å². The Kier molecular flexibility index (Phi) is 3.84. The summed E-state index contributed by atoms with van der Waals surface area (Å²) in [5.74, 6) is -1.15. The minimum Gasteiger partial charge on any atom is -0.342 e. The van der Waals surface area contributed by atoms with Crippen molar-refractivity contribution in [1.82, 2.24) is 10.3 Å². The van der Waals surface area contributed by atoms with Crippen molar-refractivity contribution in [1.29, 1.82) is 0 Å². The summed E-state index contributed by atoms with van der Waals surface area (Å²) >= 11 is 2.86. The van der Waals surface area contributed by atoms with Crippen molar-refractivity contribution < 1.29 is 22.4 Å². The Bertz CT molecular complexity index is 396. The summed E-state index contributed by atoms with van der Waals surface area (Å²) in [6.45, 7) is 0. The summed E-state index contributed by atoms with van der Waals surface area (Å²) in [6.07, 6.45) is -3.94. The molecule has 1 atom stereocenters. The van der Waals surface area contributed by atoms with Gasteiger partial charge in [0.25, 0.3) is 0 Å². The summed E-state index contributed by atoms with van der Waals surface area (Å²) in [5, 5.41) is 1.48. The lowest BCUT2D eigenvalue weighted by Crippen LogP contribution is -2.34. The normalized spacial score (nSPS) is 13.3. The number of pyridine rings is 1. The fourth-order valence-corrected chi connectivity index (χ4v) is 1.34. The third-order valence-electron chi connectivity index (χ3n) is 1.67. The van der Waals surface area contributed by atoms with Gasteiger partial charge in [-0.2, -0.15) is 13.2 Å². The number of hydrogen-bond acceptors (Lipinski definition) is 2. The van der Waals surface area contributed by atoms with Crippen molar-refractivity contribution in [3.05, 3.63) is 28.2 Å². The maximum atomic E-state index is 13.2. The van der Waals surface area contributed by atoms with Gasteiger partial charge in [0.05, 0.1) is 0 Å². The van der Waals surface area contributed by atoms with E-state index in [9.17, 15) is 22.4 Å². The van der Waals surface area contributed by atoms with Crippen molar-refractivity contribution in [2.45, 2.75) is 12.2 Å². The zero-order valence-electron chi connectivity index (χ0n) is 7.55. The van der Waals surface area contributed by atoms with Crippen LogP contribution in [-0.4, -0.2) is 17.6 Å². The van der Waals surface area contributed by atoms with Crippen molar-refractivity contribution in [2.24, 2.45) is 0 Å². The molecule has 1 aromatic rings. The van der Waals surface area contributed by atoms with E-state index in [1.807, 2.05) is 0 Å². The van der Waals surface area contributed by atoms with Crippen LogP contribution >= 0.6 is 15.9 Å². The molecule has 0 radical (unpaired) electrons. The SMILES string of the molecule is O=CN[C@@H](c1ncc(Br)cc1F)C(F)(F)F. The standard InChI is InChI=1S/C8H5BrF4N2O/c9-4-1-5(10)6(14-2-4)7(15-3-16)8(11,12)13/h1-3,7H,(H,15,16)/t7-/m0/s1. The fraction of sp³-hybridized carbons (Fsp3) is 0.250. The van der Waals surface area contributed by atoms with E-state index in [0.717, 1.165) is 12.3 Å². The molecule has 0 aliphatic carbocycles. The van der Waals surface area contributed by atoms with Gasteiger partial charge in [0.15, 0.2) is 6.04 Å². The first-order valence-electron chi connectivity index (χ1n) is 3.93. The van der Waals surface area contributed by atoms with Crippen molar-refractivity contribution >= 4 is 22.3 Å². The number of halogens is 5. The van der Waals surface area contributed by atoms with Gasteiger partial charge in [0, 0.05) is 10.7 Å². The van der Waals surface area contributed by atoms with E-state index in [2.05, 4.69) is 20.9 Å². The lowest BCUT2D eigenvalue weighted by Gasteiger charge is -2.19. The second-order valence-corrected chi connectivity index (χ2v) is 3.70. The zero-order valence-corrected chi connectivity index (χ0v) is 9.14. The molecule has 0 spiro atoms. The van der Waals surface area contributed by atoms with Gasteiger partial charge in [-0.1, -0.05) is 0 Å². The molecule has 8 heteroatoms. The van der Waals surface area contributed by atoms with Gasteiger partial charge in [0.1, 0.15) is 11.5 Å². The number of hydrogen-bond donors (Lipinski definition) is 1. The van der Waals surface area contributed by atoms with Crippen LogP contribution in [0.25, 0.3) is 0 Å². The number of amides is 1. The predicted octanol–water partition coefficient (Wildman–Crippen LogP) is 2.33. The van der Waals surface area contributed by atoms with Gasteiger partial charge in [-0.3, -0.25) is 9.78 Å². The number of carbonyl (C=O) groups excluding carboxylic acids is 1. The van der Waals surface area contributed by atoms with E-state index >= 15 is 0 Å². The molecule has 0 bridgehead atoms. The highest BCUT2D eigenvalue weighted by atomic mass is 79.9. The van der Waals surface area contributed by atoms with E-state index in [-0.39, 0.29) is 10.9 Å². The van der Waals surface area contributed by atoms with Crippen molar-refractivity contribution in [3.8, 4) is 0 Å². The maximum absolute atomic E-state index is 13.2. The highest BCUT2D eigenvalue weighted by Crippen LogP contribution is 2.32. The topological polar surface area (TPSA) is 42.0 Å². The molecule has 0 saturated carbocycles. The summed E-state index contributed by atoms with van der Waals surface area (Å²) < 4.78 is 50.7. The number of nitrogens with zero attached hydrogens (tertiary/aromatic N) is 1. The number of rotatable bonds is 3. The summed E-state index contributed by atoms with van der Waals surface area (Å²) in [5.41, 5.74) is -0.872. The minimum absolute atomic E-state index is 0.151. The van der Waals surface area contributed by atoms with Crippen LogP contribution in [0.5, 0.6) is 0 Å². The van der Waals surface area contributed by atoms with E-state index < -0.39 is 23.7 Å². The molecular weight excluding hydrogens is 296 g/mol. The van der Waals surface area contributed by atoms with Crippen LogP contribution in [0.15, 0.2) is 16.7 Å². The zero-order chi connectivity index (χ0) is 12.3. The van der Waals surface area contributed by atoms with Crippen molar-refractivity contribution in [2.75, 3.05) is 0 Å². The molecule has 1 heterocycles. The molecule has 1 rings (SSSR count). The maximum Gasteiger partial charge on any atom is 0.414 e. The molecule has 88 valence electrons. The highest BCUT2D eigenvalue weighted by molar-refractivity contribution is 9.10. The molecule has 0 aliphatic rings. The van der Waals surface area contributed by atoms with Gasteiger partial charge in [-0.25, -0.2) is 4.39 Å². The van der Waals surface area contributed by atoms with Crippen molar-refractivity contribution in [3.63, 3.8) is 0 Å². The molecule has 3 nitrogen and oxygen atoms in total.